The minimum absolute atomic E-state index is 0.676. The van der Waals surface area contributed by atoms with Crippen molar-refractivity contribution in [3.05, 3.63) is 90.6 Å². The molecule has 0 aliphatic carbocycles. The van der Waals surface area contributed by atoms with Gasteiger partial charge in [0.2, 0.25) is 0 Å². The van der Waals surface area contributed by atoms with Gasteiger partial charge in [0, 0.05) is 17.3 Å². The third kappa shape index (κ3) is 6.39. The first-order chi connectivity index (χ1) is 14.2. The van der Waals surface area contributed by atoms with E-state index in [1.165, 1.54) is 16.7 Å². The largest absolute Gasteiger partial charge is 0.256 e. The number of aromatic nitrogens is 1. The number of hydrogen-bond donors (Lipinski definition) is 0. The highest BCUT2D eigenvalue weighted by Crippen LogP contribution is 2.24. The zero-order valence-electron chi connectivity index (χ0n) is 17.3. The molecule has 3 aromatic rings. The molecule has 1 heterocycles. The number of allylic oxidation sites excluding steroid dienone is 1. The fourth-order valence-electron chi connectivity index (χ4n) is 3.51. The standard InChI is InChI=1S/C27H30FN/c1-3-7-22-10-14-24(15-11-22)26-18-19-27(29-20-26)25-16-12-23(13-17-25)9-6-4-5-8-21(2)28/h3,10-21H,1,4-9H2,2H3. The number of hydrogen-bond acceptors (Lipinski definition) is 1. The van der Waals surface area contributed by atoms with E-state index in [0.717, 1.165) is 48.9 Å². The quantitative estimate of drug-likeness (QED) is 0.258. The summed E-state index contributed by atoms with van der Waals surface area (Å²) in [6.07, 6.45) is 8.99. The summed E-state index contributed by atoms with van der Waals surface area (Å²) in [6.45, 7) is 5.42. The van der Waals surface area contributed by atoms with E-state index in [0.29, 0.717) is 6.42 Å². The van der Waals surface area contributed by atoms with Crippen LogP contribution >= 0.6 is 0 Å². The van der Waals surface area contributed by atoms with E-state index in [9.17, 15) is 4.39 Å². The Bertz CT molecular complexity index is 877. The highest BCUT2D eigenvalue weighted by atomic mass is 19.1. The van der Waals surface area contributed by atoms with E-state index in [1.54, 1.807) is 6.92 Å². The lowest BCUT2D eigenvalue weighted by atomic mass is 10.0. The van der Waals surface area contributed by atoms with Crippen molar-refractivity contribution in [3.63, 3.8) is 0 Å². The molecule has 2 aromatic carbocycles. The number of nitrogens with zero attached hydrogens (tertiary/aromatic N) is 1. The van der Waals surface area contributed by atoms with Gasteiger partial charge < -0.3 is 0 Å². The Kier molecular flexibility index (Phi) is 7.75. The maximum atomic E-state index is 12.8. The Labute approximate surface area is 174 Å². The number of halogens is 1. The van der Waals surface area contributed by atoms with Crippen molar-refractivity contribution < 1.29 is 4.39 Å². The van der Waals surface area contributed by atoms with Crippen LogP contribution < -0.4 is 0 Å². The molecule has 0 aliphatic rings. The number of unbranched alkanes of at least 4 members (excludes halogenated alkanes) is 2. The third-order valence-electron chi connectivity index (χ3n) is 5.25. The molecular formula is C27H30FN. The number of benzene rings is 2. The van der Waals surface area contributed by atoms with Gasteiger partial charge in [-0.25, -0.2) is 4.39 Å². The summed E-state index contributed by atoms with van der Waals surface area (Å²) in [5.74, 6) is 0. The van der Waals surface area contributed by atoms with Gasteiger partial charge in [-0.2, -0.15) is 0 Å². The summed E-state index contributed by atoms with van der Waals surface area (Å²) in [7, 11) is 0. The molecule has 29 heavy (non-hydrogen) atoms. The van der Waals surface area contributed by atoms with Crippen LogP contribution in [0.2, 0.25) is 0 Å². The van der Waals surface area contributed by atoms with Crippen LogP contribution in [0.3, 0.4) is 0 Å². The Morgan fingerprint density at radius 3 is 2.10 bits per heavy atom. The maximum Gasteiger partial charge on any atom is 0.0973 e. The van der Waals surface area contributed by atoms with E-state index in [-0.39, 0.29) is 0 Å². The molecule has 1 atom stereocenters. The second kappa shape index (κ2) is 10.7. The summed E-state index contributed by atoms with van der Waals surface area (Å²) < 4.78 is 12.8. The second-order valence-electron chi connectivity index (χ2n) is 7.70. The van der Waals surface area contributed by atoms with Gasteiger partial charge in [-0.1, -0.05) is 73.5 Å². The van der Waals surface area contributed by atoms with E-state index in [4.69, 9.17) is 0 Å². The van der Waals surface area contributed by atoms with Crippen LogP contribution in [0.5, 0.6) is 0 Å². The molecular weight excluding hydrogens is 357 g/mol. The molecule has 0 N–H and O–H groups in total. The smallest absolute Gasteiger partial charge is 0.0973 e. The molecule has 1 unspecified atom stereocenters. The Hall–Kier alpha value is -2.74. The van der Waals surface area contributed by atoms with Crippen molar-refractivity contribution >= 4 is 0 Å². The minimum atomic E-state index is -0.676. The average Bonchev–Trinajstić information content (AvgIpc) is 2.75. The van der Waals surface area contributed by atoms with Gasteiger partial charge in [-0.05, 0) is 55.4 Å². The summed E-state index contributed by atoms with van der Waals surface area (Å²) in [4.78, 5) is 4.67. The van der Waals surface area contributed by atoms with Gasteiger partial charge in [0.25, 0.3) is 0 Å². The molecule has 0 saturated carbocycles. The fraction of sp³-hybridized carbons (Fsp3) is 0.296. The van der Waals surface area contributed by atoms with Crippen molar-refractivity contribution in [1.82, 2.24) is 4.98 Å². The van der Waals surface area contributed by atoms with Gasteiger partial charge in [-0.3, -0.25) is 4.98 Å². The summed E-state index contributed by atoms with van der Waals surface area (Å²) in [5, 5.41) is 0. The van der Waals surface area contributed by atoms with Crippen molar-refractivity contribution in [2.45, 2.75) is 51.6 Å². The zero-order chi connectivity index (χ0) is 20.5. The first-order valence-electron chi connectivity index (χ1n) is 10.6. The predicted octanol–water partition coefficient (Wildman–Crippen LogP) is 7.61. The molecule has 1 aromatic heterocycles. The molecule has 0 amide bonds. The molecule has 1 nitrogen and oxygen atoms in total. The lowest BCUT2D eigenvalue weighted by Gasteiger charge is -2.07. The van der Waals surface area contributed by atoms with E-state index >= 15 is 0 Å². The molecule has 3 rings (SSSR count). The van der Waals surface area contributed by atoms with Gasteiger partial charge in [0.1, 0.15) is 0 Å². The molecule has 0 bridgehead atoms. The normalized spacial score (nSPS) is 11.9. The summed E-state index contributed by atoms with van der Waals surface area (Å²) >= 11 is 0. The molecule has 0 spiro atoms. The van der Waals surface area contributed by atoms with Crippen molar-refractivity contribution in [2.24, 2.45) is 0 Å². The molecule has 150 valence electrons. The summed E-state index contributed by atoms with van der Waals surface area (Å²) in [5.41, 5.74) is 7.02. The number of aryl methyl sites for hydroxylation is 1. The van der Waals surface area contributed by atoms with Crippen LogP contribution in [0.1, 0.15) is 43.7 Å². The van der Waals surface area contributed by atoms with E-state index < -0.39 is 6.17 Å². The van der Waals surface area contributed by atoms with Gasteiger partial charge in [-0.15, -0.1) is 6.58 Å². The van der Waals surface area contributed by atoms with Crippen LogP contribution in [-0.4, -0.2) is 11.2 Å². The van der Waals surface area contributed by atoms with Crippen LogP contribution in [0, 0.1) is 0 Å². The maximum absolute atomic E-state index is 12.8. The highest BCUT2D eigenvalue weighted by Gasteiger charge is 2.03. The number of pyridine rings is 1. The fourth-order valence-corrected chi connectivity index (χ4v) is 3.51. The molecule has 0 aliphatic heterocycles. The van der Waals surface area contributed by atoms with Gasteiger partial charge in [0.05, 0.1) is 11.9 Å². The van der Waals surface area contributed by atoms with Crippen LogP contribution in [0.15, 0.2) is 79.5 Å². The molecule has 0 radical (unpaired) electrons. The van der Waals surface area contributed by atoms with Crippen LogP contribution in [-0.2, 0) is 12.8 Å². The number of alkyl halides is 1. The average molecular weight is 388 g/mol. The number of rotatable bonds is 10. The Morgan fingerprint density at radius 1 is 0.828 bits per heavy atom. The second-order valence-corrected chi connectivity index (χ2v) is 7.70. The first-order valence-corrected chi connectivity index (χ1v) is 10.6. The minimum Gasteiger partial charge on any atom is -0.256 e. The lowest BCUT2D eigenvalue weighted by molar-refractivity contribution is 0.330. The molecule has 0 saturated heterocycles. The predicted molar refractivity (Wildman–Crippen MR) is 122 cm³/mol. The lowest BCUT2D eigenvalue weighted by Crippen LogP contribution is -1.93. The molecule has 0 fully saturated rings. The topological polar surface area (TPSA) is 12.9 Å². The van der Waals surface area contributed by atoms with Crippen molar-refractivity contribution in [2.75, 3.05) is 0 Å². The van der Waals surface area contributed by atoms with Crippen LogP contribution in [0.4, 0.5) is 4.39 Å². The van der Waals surface area contributed by atoms with Gasteiger partial charge in [0.15, 0.2) is 0 Å². The summed E-state index contributed by atoms with van der Waals surface area (Å²) in [6, 6.07) is 21.4. The monoisotopic (exact) mass is 387 g/mol. The SMILES string of the molecule is C=CCc1ccc(-c2ccc(-c3ccc(CCCCCC(C)F)cc3)nc2)cc1. The zero-order valence-corrected chi connectivity index (χ0v) is 17.3. The molecule has 2 heteroatoms. The third-order valence-corrected chi connectivity index (χ3v) is 5.25. The van der Waals surface area contributed by atoms with Gasteiger partial charge >= 0.3 is 0 Å². The van der Waals surface area contributed by atoms with Crippen LogP contribution in [0.25, 0.3) is 22.4 Å². The van der Waals surface area contributed by atoms with Crippen molar-refractivity contribution in [3.8, 4) is 22.4 Å². The van der Waals surface area contributed by atoms with Crippen molar-refractivity contribution in [1.29, 1.82) is 0 Å². The van der Waals surface area contributed by atoms with E-state index in [2.05, 4.69) is 72.2 Å². The van der Waals surface area contributed by atoms with E-state index in [1.807, 2.05) is 12.3 Å². The Morgan fingerprint density at radius 2 is 1.48 bits per heavy atom. The Balaban J connectivity index is 1.57. The highest BCUT2D eigenvalue weighted by molar-refractivity contribution is 5.67. The first kappa shape index (κ1) is 21.0.